The summed E-state index contributed by atoms with van der Waals surface area (Å²) in [5.74, 6) is 2.49. The number of alkyl halides is 1. The lowest BCUT2D eigenvalue weighted by Gasteiger charge is -2.13. The maximum Gasteiger partial charge on any atom is 0.212 e. The number of rotatable bonds is 5. The third kappa shape index (κ3) is 4.38. The van der Waals surface area contributed by atoms with E-state index in [9.17, 15) is 8.42 Å². The van der Waals surface area contributed by atoms with Crippen molar-refractivity contribution in [1.29, 1.82) is 0 Å². The topological polar surface area (TPSA) is 46.2 Å². The van der Waals surface area contributed by atoms with E-state index in [4.69, 9.17) is 11.6 Å². The van der Waals surface area contributed by atoms with E-state index < -0.39 is 10.0 Å². The van der Waals surface area contributed by atoms with Crippen LogP contribution in [0.3, 0.4) is 0 Å². The fourth-order valence-corrected chi connectivity index (χ4v) is 4.52. The maximum absolute atomic E-state index is 11.6. The molecule has 0 aliphatic carbocycles. The second-order valence-corrected chi connectivity index (χ2v) is 6.98. The molecule has 0 radical (unpaired) electrons. The van der Waals surface area contributed by atoms with Gasteiger partial charge >= 0.3 is 0 Å². The zero-order valence-electron chi connectivity index (χ0n) is 8.20. The van der Waals surface area contributed by atoms with Crippen molar-refractivity contribution in [3.63, 3.8) is 0 Å². The van der Waals surface area contributed by atoms with Crippen LogP contribution in [0, 0.1) is 5.92 Å². The molecule has 14 heavy (non-hydrogen) atoms. The van der Waals surface area contributed by atoms with Gasteiger partial charge in [-0.3, -0.25) is 0 Å². The summed E-state index contributed by atoms with van der Waals surface area (Å²) in [5.41, 5.74) is 0. The van der Waals surface area contributed by atoms with Crippen LogP contribution < -0.4 is 4.72 Å². The van der Waals surface area contributed by atoms with Crippen molar-refractivity contribution in [1.82, 2.24) is 4.72 Å². The van der Waals surface area contributed by atoms with E-state index in [2.05, 4.69) is 4.72 Å². The number of hydrogen-bond donors (Lipinski definition) is 1. The van der Waals surface area contributed by atoms with Gasteiger partial charge in [-0.1, -0.05) is 6.92 Å². The van der Waals surface area contributed by atoms with Crippen molar-refractivity contribution in [2.45, 2.75) is 19.4 Å². The third-order valence-corrected chi connectivity index (χ3v) is 5.43. The SMILES string of the molecule is CC(CCl)CS(=O)(=O)NC1CCSC1. The van der Waals surface area contributed by atoms with Crippen LogP contribution in [0.4, 0.5) is 0 Å². The monoisotopic (exact) mass is 257 g/mol. The molecule has 0 spiro atoms. The molecular formula is C8H16ClNO2S2. The molecule has 2 atom stereocenters. The van der Waals surface area contributed by atoms with Gasteiger partial charge in [-0.05, 0) is 18.1 Å². The third-order valence-electron chi connectivity index (χ3n) is 2.04. The highest BCUT2D eigenvalue weighted by Gasteiger charge is 2.22. The Morgan fingerprint density at radius 1 is 1.64 bits per heavy atom. The van der Waals surface area contributed by atoms with Crippen LogP contribution >= 0.6 is 23.4 Å². The molecule has 84 valence electrons. The molecule has 0 aromatic rings. The lowest BCUT2D eigenvalue weighted by Crippen LogP contribution is -2.37. The Balaban J connectivity index is 2.40. The van der Waals surface area contributed by atoms with E-state index in [1.165, 1.54) is 0 Å². The van der Waals surface area contributed by atoms with Crippen LogP contribution in [0.2, 0.25) is 0 Å². The first-order valence-corrected chi connectivity index (χ1v) is 8.01. The second kappa shape index (κ2) is 5.58. The summed E-state index contributed by atoms with van der Waals surface area (Å²) in [5, 5.41) is 0. The summed E-state index contributed by atoms with van der Waals surface area (Å²) in [6.07, 6.45) is 0.944. The summed E-state index contributed by atoms with van der Waals surface area (Å²) in [6, 6.07) is 0.132. The number of hydrogen-bond acceptors (Lipinski definition) is 3. The molecule has 2 unspecified atom stereocenters. The zero-order valence-corrected chi connectivity index (χ0v) is 10.6. The Bertz CT molecular complexity index is 263. The van der Waals surface area contributed by atoms with Gasteiger partial charge in [-0.25, -0.2) is 13.1 Å². The van der Waals surface area contributed by atoms with Crippen molar-refractivity contribution in [2.75, 3.05) is 23.1 Å². The second-order valence-electron chi connectivity index (χ2n) is 3.72. The first-order valence-electron chi connectivity index (χ1n) is 4.67. The van der Waals surface area contributed by atoms with Gasteiger partial charge in [0.25, 0.3) is 0 Å². The Hall–Kier alpha value is 0.550. The molecule has 0 bridgehead atoms. The summed E-state index contributed by atoms with van der Waals surface area (Å²) in [7, 11) is -3.12. The summed E-state index contributed by atoms with van der Waals surface area (Å²) in [4.78, 5) is 0. The van der Waals surface area contributed by atoms with Crippen molar-refractivity contribution in [2.24, 2.45) is 5.92 Å². The molecule has 6 heteroatoms. The maximum atomic E-state index is 11.6. The van der Waals surface area contributed by atoms with Gasteiger partial charge in [0.2, 0.25) is 10.0 Å². The van der Waals surface area contributed by atoms with Crippen LogP contribution in [-0.4, -0.2) is 37.6 Å². The lowest BCUT2D eigenvalue weighted by molar-refractivity contribution is 0.552. The molecule has 0 aromatic heterocycles. The minimum absolute atomic E-state index is 0.0169. The highest BCUT2D eigenvalue weighted by Crippen LogP contribution is 2.18. The molecule has 1 aliphatic heterocycles. The molecule has 1 fully saturated rings. The highest BCUT2D eigenvalue weighted by molar-refractivity contribution is 7.99. The Morgan fingerprint density at radius 3 is 2.86 bits per heavy atom. The molecule has 1 saturated heterocycles. The largest absolute Gasteiger partial charge is 0.212 e. The van der Waals surface area contributed by atoms with Gasteiger partial charge in [-0.15, -0.1) is 11.6 Å². The van der Waals surface area contributed by atoms with Gasteiger partial charge in [-0.2, -0.15) is 11.8 Å². The number of sulfonamides is 1. The molecule has 3 nitrogen and oxygen atoms in total. The van der Waals surface area contributed by atoms with Crippen LogP contribution in [-0.2, 0) is 10.0 Å². The van der Waals surface area contributed by atoms with Crippen LogP contribution in [0.15, 0.2) is 0 Å². The molecule has 1 heterocycles. The van der Waals surface area contributed by atoms with Gasteiger partial charge < -0.3 is 0 Å². The van der Waals surface area contributed by atoms with Gasteiger partial charge in [0, 0.05) is 17.7 Å². The number of halogens is 1. The molecule has 0 aromatic carbocycles. The standard InChI is InChI=1S/C8H16ClNO2S2/c1-7(4-9)6-14(11,12)10-8-2-3-13-5-8/h7-8,10H,2-6H2,1H3. The Kier molecular flexibility index (Phi) is 5.03. The van der Waals surface area contributed by atoms with E-state index >= 15 is 0 Å². The molecule has 1 aliphatic rings. The van der Waals surface area contributed by atoms with Gasteiger partial charge in [0.1, 0.15) is 0 Å². The van der Waals surface area contributed by atoms with Crippen LogP contribution in [0.1, 0.15) is 13.3 Å². The molecule has 1 N–H and O–H groups in total. The van der Waals surface area contributed by atoms with Gasteiger partial charge in [0.15, 0.2) is 0 Å². The summed E-state index contributed by atoms with van der Waals surface area (Å²) >= 11 is 7.37. The fourth-order valence-electron chi connectivity index (χ4n) is 1.35. The fraction of sp³-hybridized carbons (Fsp3) is 1.00. The van der Waals surface area contributed by atoms with E-state index in [0.29, 0.717) is 5.88 Å². The lowest BCUT2D eigenvalue weighted by atomic mass is 10.3. The Labute approximate surface area is 95.0 Å². The van der Waals surface area contributed by atoms with E-state index in [1.54, 1.807) is 11.8 Å². The predicted octanol–water partition coefficient (Wildman–Crippen LogP) is 1.29. The van der Waals surface area contributed by atoms with E-state index in [-0.39, 0.29) is 17.7 Å². The van der Waals surface area contributed by atoms with Crippen LogP contribution in [0.25, 0.3) is 0 Å². The van der Waals surface area contributed by atoms with Gasteiger partial charge in [0.05, 0.1) is 5.75 Å². The normalized spacial score (nSPS) is 25.1. The van der Waals surface area contributed by atoms with Crippen molar-refractivity contribution in [3.8, 4) is 0 Å². The Morgan fingerprint density at radius 2 is 2.36 bits per heavy atom. The van der Waals surface area contributed by atoms with Crippen molar-refractivity contribution in [3.05, 3.63) is 0 Å². The molecule has 0 amide bonds. The summed E-state index contributed by atoms with van der Waals surface area (Å²) < 4.78 is 25.9. The molecular weight excluding hydrogens is 242 g/mol. The zero-order chi connectivity index (χ0) is 10.6. The first-order chi connectivity index (χ1) is 6.53. The number of nitrogens with one attached hydrogen (secondary N) is 1. The average Bonchev–Trinajstić information content (AvgIpc) is 2.54. The molecule has 1 rings (SSSR count). The van der Waals surface area contributed by atoms with E-state index in [1.807, 2.05) is 6.92 Å². The highest BCUT2D eigenvalue weighted by atomic mass is 35.5. The van der Waals surface area contributed by atoms with Crippen molar-refractivity contribution >= 4 is 33.4 Å². The van der Waals surface area contributed by atoms with E-state index in [0.717, 1.165) is 17.9 Å². The number of thioether (sulfide) groups is 1. The predicted molar refractivity (Wildman–Crippen MR) is 62.5 cm³/mol. The smallest absolute Gasteiger partial charge is 0.212 e. The average molecular weight is 258 g/mol. The quantitative estimate of drug-likeness (QED) is 0.755. The minimum atomic E-state index is -3.12. The summed E-state index contributed by atoms with van der Waals surface area (Å²) in [6.45, 7) is 1.84. The minimum Gasteiger partial charge on any atom is -0.212 e. The van der Waals surface area contributed by atoms with Crippen molar-refractivity contribution < 1.29 is 8.42 Å². The first kappa shape index (κ1) is 12.6. The van der Waals surface area contributed by atoms with Crippen LogP contribution in [0.5, 0.6) is 0 Å². The molecule has 0 saturated carbocycles.